The maximum atomic E-state index is 12.5. The first kappa shape index (κ1) is 14.8. The molecule has 21 heavy (non-hydrogen) atoms. The molecule has 0 amide bonds. The Labute approximate surface area is 138 Å². The second kappa shape index (κ2) is 5.93. The highest BCUT2D eigenvalue weighted by atomic mass is 35.5. The van der Waals surface area contributed by atoms with Gasteiger partial charge in [0, 0.05) is 5.69 Å². The van der Waals surface area contributed by atoms with Crippen LogP contribution < -0.4 is 5.73 Å². The topological polar surface area (TPSA) is 56.0 Å². The van der Waals surface area contributed by atoms with E-state index in [9.17, 15) is 4.21 Å². The lowest BCUT2D eigenvalue weighted by Crippen LogP contribution is -1.96. The van der Waals surface area contributed by atoms with Crippen LogP contribution in [0.3, 0.4) is 0 Å². The molecule has 0 saturated heterocycles. The maximum absolute atomic E-state index is 12.5. The fraction of sp³-hybridized carbons (Fsp3) is 0.0714. The van der Waals surface area contributed by atoms with Crippen LogP contribution in [-0.4, -0.2) is 9.19 Å². The number of fused-ring (bicyclic) bond motifs is 1. The van der Waals surface area contributed by atoms with Crippen LogP contribution in [0.25, 0.3) is 10.2 Å². The molecule has 0 radical (unpaired) electrons. The summed E-state index contributed by atoms with van der Waals surface area (Å²) in [5.41, 5.74) is 7.96. The number of halogens is 2. The van der Waals surface area contributed by atoms with Crippen molar-refractivity contribution in [3.8, 4) is 0 Å². The molecule has 0 saturated carbocycles. The minimum Gasteiger partial charge on any atom is -0.399 e. The molecule has 1 unspecified atom stereocenters. The molecule has 1 heterocycles. The van der Waals surface area contributed by atoms with Gasteiger partial charge in [-0.3, -0.25) is 4.21 Å². The predicted molar refractivity (Wildman–Crippen MR) is 90.6 cm³/mol. The average molecular weight is 357 g/mol. The van der Waals surface area contributed by atoms with E-state index in [0.717, 1.165) is 15.8 Å². The molecule has 0 aliphatic heterocycles. The van der Waals surface area contributed by atoms with Gasteiger partial charge in [0.25, 0.3) is 0 Å². The highest BCUT2D eigenvalue weighted by Gasteiger charge is 2.14. The van der Waals surface area contributed by atoms with Gasteiger partial charge in [-0.1, -0.05) is 35.3 Å². The lowest BCUT2D eigenvalue weighted by Gasteiger charge is -2.03. The summed E-state index contributed by atoms with van der Waals surface area (Å²) in [4.78, 5) is 4.39. The van der Waals surface area contributed by atoms with Crippen LogP contribution in [0.1, 0.15) is 5.56 Å². The number of aromatic nitrogens is 1. The number of nitrogens with zero attached hydrogens (tertiary/aromatic N) is 1. The zero-order chi connectivity index (χ0) is 15.0. The molecule has 0 aliphatic carbocycles. The van der Waals surface area contributed by atoms with E-state index in [1.807, 2.05) is 18.2 Å². The van der Waals surface area contributed by atoms with Gasteiger partial charge in [0.1, 0.15) is 0 Å². The van der Waals surface area contributed by atoms with Gasteiger partial charge in [-0.15, -0.1) is 11.3 Å². The van der Waals surface area contributed by atoms with Gasteiger partial charge < -0.3 is 5.73 Å². The molecule has 0 spiro atoms. The van der Waals surface area contributed by atoms with E-state index in [-0.39, 0.29) is 5.75 Å². The summed E-state index contributed by atoms with van der Waals surface area (Å²) >= 11 is 13.5. The summed E-state index contributed by atoms with van der Waals surface area (Å²) in [7, 11) is -1.27. The Balaban J connectivity index is 1.91. The fourth-order valence-electron chi connectivity index (χ4n) is 1.88. The largest absolute Gasteiger partial charge is 0.399 e. The van der Waals surface area contributed by atoms with E-state index in [1.165, 1.54) is 11.3 Å². The monoisotopic (exact) mass is 356 g/mol. The summed E-state index contributed by atoms with van der Waals surface area (Å²) in [6.07, 6.45) is 0. The van der Waals surface area contributed by atoms with Crippen LogP contribution in [0.5, 0.6) is 0 Å². The van der Waals surface area contributed by atoms with Crippen molar-refractivity contribution in [1.82, 2.24) is 4.98 Å². The second-order valence-electron chi connectivity index (χ2n) is 4.41. The molecular formula is C14H10Cl2N2OS2. The molecule has 1 atom stereocenters. The van der Waals surface area contributed by atoms with Crippen molar-refractivity contribution in [2.75, 3.05) is 5.73 Å². The minimum absolute atomic E-state index is 0.286. The third-order valence-corrected chi connectivity index (χ3v) is 6.44. The lowest BCUT2D eigenvalue weighted by molar-refractivity contribution is 0.682. The smallest absolute Gasteiger partial charge is 0.182 e. The zero-order valence-electron chi connectivity index (χ0n) is 10.7. The average Bonchev–Trinajstić information content (AvgIpc) is 2.87. The summed E-state index contributed by atoms with van der Waals surface area (Å²) < 4.78 is 13.9. The van der Waals surface area contributed by atoms with Crippen molar-refractivity contribution < 1.29 is 4.21 Å². The summed E-state index contributed by atoms with van der Waals surface area (Å²) in [6, 6.07) is 10.8. The van der Waals surface area contributed by atoms with Gasteiger partial charge in [0.15, 0.2) is 4.34 Å². The highest BCUT2D eigenvalue weighted by molar-refractivity contribution is 7.86. The zero-order valence-corrected chi connectivity index (χ0v) is 13.8. The number of thiazole rings is 1. The van der Waals surface area contributed by atoms with Gasteiger partial charge >= 0.3 is 0 Å². The normalized spacial score (nSPS) is 12.7. The van der Waals surface area contributed by atoms with Crippen molar-refractivity contribution >= 4 is 61.2 Å². The third kappa shape index (κ3) is 3.06. The Morgan fingerprint density at radius 2 is 2.05 bits per heavy atom. The molecule has 3 aromatic rings. The maximum Gasteiger partial charge on any atom is 0.182 e. The van der Waals surface area contributed by atoms with Crippen molar-refractivity contribution in [3.05, 3.63) is 52.0 Å². The van der Waals surface area contributed by atoms with E-state index in [1.54, 1.807) is 18.2 Å². The Kier molecular flexibility index (Phi) is 4.17. The Morgan fingerprint density at radius 3 is 2.86 bits per heavy atom. The minimum atomic E-state index is -1.27. The molecule has 3 rings (SSSR count). The van der Waals surface area contributed by atoms with Crippen molar-refractivity contribution in [2.45, 2.75) is 10.1 Å². The van der Waals surface area contributed by atoms with Gasteiger partial charge in [-0.25, -0.2) is 4.98 Å². The van der Waals surface area contributed by atoms with Gasteiger partial charge in [-0.2, -0.15) is 0 Å². The number of nitrogens with two attached hydrogens (primary N) is 1. The van der Waals surface area contributed by atoms with Crippen LogP contribution in [0.15, 0.2) is 40.7 Å². The molecule has 0 fully saturated rings. The summed E-state index contributed by atoms with van der Waals surface area (Å²) in [5, 5.41) is 0.904. The first-order valence-electron chi connectivity index (χ1n) is 6.02. The second-order valence-corrected chi connectivity index (χ2v) is 7.85. The van der Waals surface area contributed by atoms with E-state index in [4.69, 9.17) is 28.9 Å². The quantitative estimate of drug-likeness (QED) is 0.703. The molecule has 2 N–H and O–H groups in total. The van der Waals surface area contributed by atoms with Gasteiger partial charge in [0.2, 0.25) is 0 Å². The van der Waals surface area contributed by atoms with E-state index in [2.05, 4.69) is 4.98 Å². The molecule has 0 aliphatic rings. The molecule has 2 aromatic carbocycles. The third-order valence-electron chi connectivity index (χ3n) is 2.91. The van der Waals surface area contributed by atoms with Crippen LogP contribution in [0.4, 0.5) is 5.69 Å². The summed E-state index contributed by atoms with van der Waals surface area (Å²) in [5.74, 6) is 0.286. The SMILES string of the molecule is Nc1ccc2nc(S(=O)Cc3cccc(Cl)c3Cl)sc2c1. The van der Waals surface area contributed by atoms with Gasteiger partial charge in [-0.05, 0) is 29.8 Å². The fourth-order valence-corrected chi connectivity index (χ4v) is 4.76. The number of rotatable bonds is 3. The number of nitrogen functional groups attached to an aromatic ring is 1. The summed E-state index contributed by atoms with van der Waals surface area (Å²) in [6.45, 7) is 0. The first-order valence-corrected chi connectivity index (χ1v) is 8.91. The van der Waals surface area contributed by atoms with Crippen LogP contribution >= 0.6 is 34.5 Å². The number of benzene rings is 2. The molecule has 1 aromatic heterocycles. The van der Waals surface area contributed by atoms with E-state index in [0.29, 0.717) is 20.1 Å². The van der Waals surface area contributed by atoms with E-state index >= 15 is 0 Å². The Hall–Kier alpha value is -1.14. The van der Waals surface area contributed by atoms with Crippen molar-refractivity contribution in [2.24, 2.45) is 0 Å². The highest BCUT2D eigenvalue weighted by Crippen LogP contribution is 2.30. The lowest BCUT2D eigenvalue weighted by atomic mass is 10.2. The molecule has 0 bridgehead atoms. The van der Waals surface area contributed by atoms with Crippen molar-refractivity contribution in [3.63, 3.8) is 0 Å². The van der Waals surface area contributed by atoms with Crippen molar-refractivity contribution in [1.29, 1.82) is 0 Å². The predicted octanol–water partition coefficient (Wildman–Crippen LogP) is 4.49. The number of hydrogen-bond donors (Lipinski definition) is 1. The standard InChI is InChI=1S/C14H10Cl2N2OS2/c15-10-3-1-2-8(13(10)16)7-21(19)14-18-11-5-4-9(17)6-12(11)20-14/h1-6H,7,17H2. The van der Waals surface area contributed by atoms with Crippen LogP contribution in [0, 0.1) is 0 Å². The van der Waals surface area contributed by atoms with Crippen LogP contribution in [-0.2, 0) is 16.6 Å². The first-order chi connectivity index (χ1) is 10.0. The molecule has 7 heteroatoms. The number of anilines is 1. The van der Waals surface area contributed by atoms with E-state index < -0.39 is 10.8 Å². The molecule has 3 nitrogen and oxygen atoms in total. The Bertz CT molecular complexity index is 848. The molecular weight excluding hydrogens is 347 g/mol. The number of hydrogen-bond acceptors (Lipinski definition) is 4. The molecule has 108 valence electrons. The van der Waals surface area contributed by atoms with Crippen LogP contribution in [0.2, 0.25) is 10.0 Å². The Morgan fingerprint density at radius 1 is 1.24 bits per heavy atom. The van der Waals surface area contributed by atoms with Gasteiger partial charge in [0.05, 0.1) is 36.8 Å².